The van der Waals surface area contributed by atoms with Crippen LogP contribution in [0.25, 0.3) is 0 Å². The van der Waals surface area contributed by atoms with Gasteiger partial charge < -0.3 is 15.2 Å². The Labute approximate surface area is 99.0 Å². The van der Waals surface area contributed by atoms with E-state index in [4.69, 9.17) is 9.84 Å². The van der Waals surface area contributed by atoms with Gasteiger partial charge in [-0.05, 0) is 20.3 Å². The smallest absolute Gasteiger partial charge is 0.339 e. The predicted molar refractivity (Wildman–Crippen MR) is 61.2 cm³/mol. The van der Waals surface area contributed by atoms with E-state index in [-0.39, 0.29) is 17.7 Å². The molecule has 1 aromatic heterocycles. The summed E-state index contributed by atoms with van der Waals surface area (Å²) in [5.74, 6) is -0.554. The van der Waals surface area contributed by atoms with Gasteiger partial charge in [0.1, 0.15) is 0 Å². The molecule has 0 radical (unpaired) electrons. The molecule has 92 valence electrons. The van der Waals surface area contributed by atoms with Crippen molar-refractivity contribution < 1.29 is 14.6 Å². The molecule has 2 heterocycles. The third-order valence-corrected chi connectivity index (χ3v) is 2.90. The van der Waals surface area contributed by atoms with Crippen LogP contribution in [0.15, 0.2) is 6.20 Å². The SMILES string of the molecule is Cc1nc(NC2CCOC2C)ncc1C(=O)O. The highest BCUT2D eigenvalue weighted by atomic mass is 16.5. The third-order valence-electron chi connectivity index (χ3n) is 2.90. The largest absolute Gasteiger partial charge is 0.478 e. The lowest BCUT2D eigenvalue weighted by molar-refractivity contribution is 0.0695. The second-order valence-corrected chi connectivity index (χ2v) is 4.11. The summed E-state index contributed by atoms with van der Waals surface area (Å²) in [5.41, 5.74) is 0.591. The molecule has 1 fully saturated rings. The van der Waals surface area contributed by atoms with Gasteiger partial charge in [-0.2, -0.15) is 0 Å². The van der Waals surface area contributed by atoms with Gasteiger partial charge in [-0.25, -0.2) is 14.8 Å². The molecular weight excluding hydrogens is 222 g/mol. The third kappa shape index (κ3) is 2.52. The van der Waals surface area contributed by atoms with Crippen LogP contribution in [0.2, 0.25) is 0 Å². The Balaban J connectivity index is 2.12. The zero-order valence-corrected chi connectivity index (χ0v) is 9.80. The molecule has 1 aliphatic heterocycles. The lowest BCUT2D eigenvalue weighted by Crippen LogP contribution is -2.27. The molecule has 17 heavy (non-hydrogen) atoms. The average molecular weight is 237 g/mol. The molecular formula is C11H15N3O3. The van der Waals surface area contributed by atoms with Crippen molar-refractivity contribution in [3.63, 3.8) is 0 Å². The van der Waals surface area contributed by atoms with Gasteiger partial charge in [-0.15, -0.1) is 0 Å². The number of aromatic nitrogens is 2. The van der Waals surface area contributed by atoms with Crippen molar-refractivity contribution in [2.75, 3.05) is 11.9 Å². The number of carboxylic acid groups (broad SMARTS) is 1. The molecule has 2 unspecified atom stereocenters. The van der Waals surface area contributed by atoms with Crippen LogP contribution < -0.4 is 5.32 Å². The zero-order valence-electron chi connectivity index (χ0n) is 9.80. The van der Waals surface area contributed by atoms with Crippen molar-refractivity contribution in [2.45, 2.75) is 32.4 Å². The quantitative estimate of drug-likeness (QED) is 0.818. The van der Waals surface area contributed by atoms with E-state index >= 15 is 0 Å². The minimum absolute atomic E-state index is 0.123. The fourth-order valence-electron chi connectivity index (χ4n) is 1.83. The second kappa shape index (κ2) is 4.67. The molecule has 2 rings (SSSR count). The van der Waals surface area contributed by atoms with Crippen LogP contribution in [0, 0.1) is 6.92 Å². The number of rotatable bonds is 3. The monoisotopic (exact) mass is 237 g/mol. The lowest BCUT2D eigenvalue weighted by atomic mass is 10.2. The van der Waals surface area contributed by atoms with Crippen LogP contribution >= 0.6 is 0 Å². The summed E-state index contributed by atoms with van der Waals surface area (Å²) < 4.78 is 5.42. The highest BCUT2D eigenvalue weighted by Gasteiger charge is 2.24. The lowest BCUT2D eigenvalue weighted by Gasteiger charge is -2.16. The van der Waals surface area contributed by atoms with Crippen molar-refractivity contribution in [3.05, 3.63) is 17.5 Å². The highest BCUT2D eigenvalue weighted by molar-refractivity contribution is 5.88. The standard InChI is InChI=1S/C11H15N3O3/c1-6-8(10(15)16)5-12-11(13-6)14-9-3-4-17-7(9)2/h5,7,9H,3-4H2,1-2H3,(H,15,16)(H,12,13,14). The Morgan fingerprint density at radius 2 is 2.41 bits per heavy atom. The maximum absolute atomic E-state index is 10.8. The van der Waals surface area contributed by atoms with Gasteiger partial charge >= 0.3 is 5.97 Å². The number of carbonyl (C=O) groups is 1. The molecule has 0 aliphatic carbocycles. The van der Waals surface area contributed by atoms with Crippen LogP contribution in [0.3, 0.4) is 0 Å². The summed E-state index contributed by atoms with van der Waals surface area (Å²) in [7, 11) is 0. The van der Waals surface area contributed by atoms with E-state index in [0.29, 0.717) is 11.6 Å². The Hall–Kier alpha value is -1.69. The first-order valence-electron chi connectivity index (χ1n) is 5.53. The van der Waals surface area contributed by atoms with Crippen LogP contribution in [0.4, 0.5) is 5.95 Å². The van der Waals surface area contributed by atoms with Crippen molar-refractivity contribution in [1.29, 1.82) is 0 Å². The van der Waals surface area contributed by atoms with E-state index in [0.717, 1.165) is 13.0 Å². The van der Waals surface area contributed by atoms with Crippen molar-refractivity contribution in [2.24, 2.45) is 0 Å². The van der Waals surface area contributed by atoms with E-state index in [1.165, 1.54) is 6.20 Å². The number of anilines is 1. The number of nitrogens with zero attached hydrogens (tertiary/aromatic N) is 2. The number of ether oxygens (including phenoxy) is 1. The summed E-state index contributed by atoms with van der Waals surface area (Å²) in [6.45, 7) is 4.37. The Bertz CT molecular complexity index is 436. The van der Waals surface area contributed by atoms with Gasteiger partial charge in [0.05, 0.1) is 23.4 Å². The van der Waals surface area contributed by atoms with E-state index in [9.17, 15) is 4.79 Å². The highest BCUT2D eigenvalue weighted by Crippen LogP contribution is 2.17. The van der Waals surface area contributed by atoms with Crippen LogP contribution in [-0.4, -0.2) is 39.8 Å². The fourth-order valence-corrected chi connectivity index (χ4v) is 1.83. The molecule has 1 aliphatic rings. The Morgan fingerprint density at radius 3 is 2.94 bits per heavy atom. The molecule has 2 atom stereocenters. The van der Waals surface area contributed by atoms with E-state index < -0.39 is 5.97 Å². The number of aromatic carboxylic acids is 1. The van der Waals surface area contributed by atoms with Crippen LogP contribution in [0.1, 0.15) is 29.4 Å². The maximum Gasteiger partial charge on any atom is 0.339 e. The van der Waals surface area contributed by atoms with Gasteiger partial charge in [0.2, 0.25) is 5.95 Å². The number of aryl methyl sites for hydroxylation is 1. The summed E-state index contributed by atoms with van der Waals surface area (Å²) in [4.78, 5) is 18.9. The minimum atomic E-state index is -1.01. The maximum atomic E-state index is 10.8. The first-order chi connectivity index (χ1) is 8.08. The number of nitrogens with one attached hydrogen (secondary N) is 1. The summed E-state index contributed by atoms with van der Waals surface area (Å²) >= 11 is 0. The fraction of sp³-hybridized carbons (Fsp3) is 0.545. The zero-order chi connectivity index (χ0) is 12.4. The average Bonchev–Trinajstić information content (AvgIpc) is 2.64. The number of hydrogen-bond acceptors (Lipinski definition) is 5. The normalized spacial score (nSPS) is 23.6. The van der Waals surface area contributed by atoms with Gasteiger partial charge in [-0.1, -0.05) is 0 Å². The Morgan fingerprint density at radius 1 is 1.65 bits per heavy atom. The van der Waals surface area contributed by atoms with Crippen molar-refractivity contribution in [3.8, 4) is 0 Å². The summed E-state index contributed by atoms with van der Waals surface area (Å²) in [6, 6.07) is 0.185. The number of carboxylic acids is 1. The van der Waals surface area contributed by atoms with Gasteiger partial charge in [0.25, 0.3) is 0 Å². The molecule has 2 N–H and O–H groups in total. The molecule has 0 spiro atoms. The van der Waals surface area contributed by atoms with Crippen LogP contribution in [0.5, 0.6) is 0 Å². The van der Waals surface area contributed by atoms with Crippen molar-refractivity contribution >= 4 is 11.9 Å². The Kier molecular flexibility index (Phi) is 3.23. The molecule has 0 amide bonds. The molecule has 0 saturated carbocycles. The molecule has 1 saturated heterocycles. The van der Waals surface area contributed by atoms with E-state index in [1.807, 2.05) is 6.92 Å². The van der Waals surface area contributed by atoms with Crippen LogP contribution in [-0.2, 0) is 4.74 Å². The summed E-state index contributed by atoms with van der Waals surface area (Å²) in [5, 5.41) is 12.0. The minimum Gasteiger partial charge on any atom is -0.478 e. The molecule has 0 bridgehead atoms. The topological polar surface area (TPSA) is 84.3 Å². The second-order valence-electron chi connectivity index (χ2n) is 4.11. The van der Waals surface area contributed by atoms with Gasteiger partial charge in [0.15, 0.2) is 0 Å². The van der Waals surface area contributed by atoms with Crippen molar-refractivity contribution in [1.82, 2.24) is 9.97 Å². The number of hydrogen-bond donors (Lipinski definition) is 2. The van der Waals surface area contributed by atoms with E-state index in [1.54, 1.807) is 6.92 Å². The molecule has 0 aromatic carbocycles. The van der Waals surface area contributed by atoms with Gasteiger partial charge in [0, 0.05) is 12.8 Å². The molecule has 6 heteroatoms. The first kappa shape index (κ1) is 11.8. The first-order valence-corrected chi connectivity index (χ1v) is 5.53. The van der Waals surface area contributed by atoms with Gasteiger partial charge in [-0.3, -0.25) is 0 Å². The van der Waals surface area contributed by atoms with E-state index in [2.05, 4.69) is 15.3 Å². The predicted octanol–water partition coefficient (Wildman–Crippen LogP) is 1.07. The molecule has 1 aromatic rings. The summed E-state index contributed by atoms with van der Waals surface area (Å²) in [6.07, 6.45) is 2.36. The molecule has 6 nitrogen and oxygen atoms in total.